The van der Waals surface area contributed by atoms with Crippen LogP contribution in [0.1, 0.15) is 17.5 Å². The number of oxime groups is 1. The van der Waals surface area contributed by atoms with Crippen molar-refractivity contribution in [2.24, 2.45) is 5.16 Å². The first kappa shape index (κ1) is 8.78. The maximum absolute atomic E-state index is 8.16. The van der Waals surface area contributed by atoms with Crippen molar-refractivity contribution in [1.82, 2.24) is 0 Å². The first-order valence-corrected chi connectivity index (χ1v) is 4.04. The van der Waals surface area contributed by atoms with Crippen molar-refractivity contribution in [3.63, 3.8) is 0 Å². The number of aryl methyl sites for hydroxylation is 2. The summed E-state index contributed by atoms with van der Waals surface area (Å²) in [5.41, 5.74) is 2.55. The van der Waals surface area contributed by atoms with Gasteiger partial charge in [-0.3, -0.25) is 0 Å². The van der Waals surface area contributed by atoms with Crippen LogP contribution >= 0.6 is 0 Å². The Morgan fingerprint density at radius 3 is 2.58 bits per heavy atom. The Bertz CT molecular complexity index is 251. The van der Waals surface area contributed by atoms with E-state index >= 15 is 0 Å². The molecule has 0 bridgehead atoms. The minimum absolute atomic E-state index is 0.791. The van der Waals surface area contributed by atoms with E-state index in [9.17, 15) is 0 Å². The summed E-state index contributed by atoms with van der Waals surface area (Å²) >= 11 is 0. The van der Waals surface area contributed by atoms with Crippen molar-refractivity contribution < 1.29 is 5.21 Å². The highest BCUT2D eigenvalue weighted by molar-refractivity contribution is 5.56. The lowest BCUT2D eigenvalue weighted by atomic mass is 10.1. The quantitative estimate of drug-likeness (QED) is 0.414. The Balaban J connectivity index is 2.47. The first-order chi connectivity index (χ1) is 5.83. The van der Waals surface area contributed by atoms with Gasteiger partial charge in [-0.15, -0.1) is 5.16 Å². The third kappa shape index (κ3) is 2.74. The Labute approximate surface area is 72.5 Å². The molecular weight excluding hydrogens is 150 g/mol. The third-order valence-corrected chi connectivity index (χ3v) is 1.76. The molecule has 0 spiro atoms. The van der Waals surface area contributed by atoms with Crippen molar-refractivity contribution in [3.05, 3.63) is 35.4 Å². The lowest BCUT2D eigenvalue weighted by Gasteiger charge is -1.97. The number of hydrogen-bond donors (Lipinski definition) is 1. The number of hydrogen-bond acceptors (Lipinski definition) is 2. The summed E-state index contributed by atoms with van der Waals surface area (Å²) in [6.07, 6.45) is 3.24. The summed E-state index contributed by atoms with van der Waals surface area (Å²) < 4.78 is 0. The second-order valence-corrected chi connectivity index (χ2v) is 2.82. The van der Waals surface area contributed by atoms with Gasteiger partial charge in [0, 0.05) is 6.21 Å². The van der Waals surface area contributed by atoms with E-state index in [1.807, 2.05) is 0 Å². The van der Waals surface area contributed by atoms with Crippen LogP contribution in [0.25, 0.3) is 0 Å². The van der Waals surface area contributed by atoms with E-state index < -0.39 is 0 Å². The Hall–Kier alpha value is -1.31. The van der Waals surface area contributed by atoms with Gasteiger partial charge >= 0.3 is 0 Å². The van der Waals surface area contributed by atoms with Gasteiger partial charge in [0.1, 0.15) is 0 Å². The zero-order chi connectivity index (χ0) is 8.81. The van der Waals surface area contributed by atoms with Gasteiger partial charge < -0.3 is 5.21 Å². The molecule has 1 aromatic carbocycles. The molecule has 0 aliphatic heterocycles. The molecule has 2 nitrogen and oxygen atoms in total. The molecule has 0 fully saturated rings. The Morgan fingerprint density at radius 2 is 2.00 bits per heavy atom. The fraction of sp³-hybridized carbons (Fsp3) is 0.300. The second kappa shape index (κ2) is 4.54. The van der Waals surface area contributed by atoms with E-state index in [1.165, 1.54) is 17.3 Å². The van der Waals surface area contributed by atoms with Crippen LogP contribution in [0.3, 0.4) is 0 Å². The molecule has 0 heterocycles. The van der Waals surface area contributed by atoms with Crippen LogP contribution in [0.15, 0.2) is 29.4 Å². The highest BCUT2D eigenvalue weighted by atomic mass is 16.4. The van der Waals surface area contributed by atoms with Crippen LogP contribution in [-0.2, 0) is 6.42 Å². The molecule has 1 aromatic rings. The second-order valence-electron chi connectivity index (χ2n) is 2.82. The SMILES string of the molecule is Cc1ccc(CCC=NO)cc1. The minimum atomic E-state index is 0.791. The molecule has 0 aliphatic carbocycles. The van der Waals surface area contributed by atoms with Gasteiger partial charge in [-0.1, -0.05) is 29.8 Å². The lowest BCUT2D eigenvalue weighted by molar-refractivity contribution is 0.320. The summed E-state index contributed by atoms with van der Waals surface area (Å²) in [6.45, 7) is 2.07. The Morgan fingerprint density at radius 1 is 1.33 bits per heavy atom. The van der Waals surface area contributed by atoms with Gasteiger partial charge in [0.15, 0.2) is 0 Å². The van der Waals surface area contributed by atoms with E-state index in [4.69, 9.17) is 5.21 Å². The number of rotatable bonds is 3. The molecule has 64 valence electrons. The Kier molecular flexibility index (Phi) is 3.33. The van der Waals surface area contributed by atoms with Gasteiger partial charge in [-0.2, -0.15) is 0 Å². The molecule has 0 atom stereocenters. The van der Waals surface area contributed by atoms with E-state index in [0.29, 0.717) is 0 Å². The maximum Gasteiger partial charge on any atom is 0.0439 e. The van der Waals surface area contributed by atoms with Gasteiger partial charge in [0.2, 0.25) is 0 Å². The molecule has 0 unspecified atom stereocenters. The summed E-state index contributed by atoms with van der Waals surface area (Å²) in [5.74, 6) is 0. The summed E-state index contributed by atoms with van der Waals surface area (Å²) in [5, 5.41) is 11.1. The van der Waals surface area contributed by atoms with E-state index in [0.717, 1.165) is 12.8 Å². The maximum atomic E-state index is 8.16. The molecule has 12 heavy (non-hydrogen) atoms. The molecule has 0 aromatic heterocycles. The molecule has 2 heteroatoms. The van der Waals surface area contributed by atoms with E-state index in [2.05, 4.69) is 36.3 Å². The van der Waals surface area contributed by atoms with Crippen molar-refractivity contribution >= 4 is 6.21 Å². The smallest absolute Gasteiger partial charge is 0.0439 e. The van der Waals surface area contributed by atoms with E-state index in [-0.39, 0.29) is 0 Å². The summed E-state index contributed by atoms with van der Waals surface area (Å²) in [6, 6.07) is 8.37. The molecule has 0 saturated carbocycles. The zero-order valence-corrected chi connectivity index (χ0v) is 7.20. The molecule has 0 radical (unpaired) electrons. The monoisotopic (exact) mass is 163 g/mol. The standard InChI is InChI=1S/C10H13NO/c1-9-4-6-10(7-5-9)3-2-8-11-12/h4-8,12H,2-3H2,1H3. The lowest BCUT2D eigenvalue weighted by Crippen LogP contribution is -1.85. The van der Waals surface area contributed by atoms with Gasteiger partial charge in [0.25, 0.3) is 0 Å². The van der Waals surface area contributed by atoms with E-state index in [1.54, 1.807) is 0 Å². The van der Waals surface area contributed by atoms with Gasteiger partial charge in [-0.05, 0) is 25.3 Å². The average Bonchev–Trinajstić information content (AvgIpc) is 2.09. The zero-order valence-electron chi connectivity index (χ0n) is 7.20. The highest BCUT2D eigenvalue weighted by Gasteiger charge is 1.90. The molecule has 0 saturated heterocycles. The predicted octanol–water partition coefficient (Wildman–Crippen LogP) is 2.39. The minimum Gasteiger partial charge on any atom is -0.411 e. The third-order valence-electron chi connectivity index (χ3n) is 1.76. The average molecular weight is 163 g/mol. The van der Waals surface area contributed by atoms with Crippen LogP contribution in [0.4, 0.5) is 0 Å². The van der Waals surface area contributed by atoms with Crippen molar-refractivity contribution in [3.8, 4) is 0 Å². The molecular formula is C10H13NO. The first-order valence-electron chi connectivity index (χ1n) is 4.04. The predicted molar refractivity (Wildman–Crippen MR) is 49.8 cm³/mol. The van der Waals surface area contributed by atoms with Crippen LogP contribution < -0.4 is 0 Å². The largest absolute Gasteiger partial charge is 0.411 e. The van der Waals surface area contributed by atoms with Crippen LogP contribution in [0.5, 0.6) is 0 Å². The molecule has 0 aliphatic rings. The normalized spacial score (nSPS) is 10.8. The molecule has 0 amide bonds. The molecule has 1 rings (SSSR count). The van der Waals surface area contributed by atoms with Crippen molar-refractivity contribution in [2.45, 2.75) is 19.8 Å². The number of nitrogens with zero attached hydrogens (tertiary/aromatic N) is 1. The van der Waals surface area contributed by atoms with Gasteiger partial charge in [0.05, 0.1) is 0 Å². The summed E-state index contributed by atoms with van der Waals surface area (Å²) in [7, 11) is 0. The molecule has 1 N–H and O–H groups in total. The highest BCUT2D eigenvalue weighted by Crippen LogP contribution is 2.04. The van der Waals surface area contributed by atoms with Crippen LogP contribution in [0.2, 0.25) is 0 Å². The topological polar surface area (TPSA) is 32.6 Å². The fourth-order valence-electron chi connectivity index (χ4n) is 1.04. The van der Waals surface area contributed by atoms with Gasteiger partial charge in [-0.25, -0.2) is 0 Å². The van der Waals surface area contributed by atoms with Crippen molar-refractivity contribution in [1.29, 1.82) is 0 Å². The summed E-state index contributed by atoms with van der Waals surface area (Å²) in [4.78, 5) is 0. The number of benzene rings is 1. The van der Waals surface area contributed by atoms with Crippen molar-refractivity contribution in [2.75, 3.05) is 0 Å². The van der Waals surface area contributed by atoms with Crippen LogP contribution in [0, 0.1) is 6.92 Å². The van der Waals surface area contributed by atoms with Crippen LogP contribution in [-0.4, -0.2) is 11.4 Å². The fourth-order valence-corrected chi connectivity index (χ4v) is 1.04.